The minimum atomic E-state index is 0. The molecule has 0 radical (unpaired) electrons. The van der Waals surface area contributed by atoms with E-state index in [1.165, 1.54) is 5.56 Å². The van der Waals surface area contributed by atoms with Gasteiger partial charge in [-0.3, -0.25) is 4.79 Å². The van der Waals surface area contributed by atoms with Crippen LogP contribution in [0.15, 0.2) is 83.5 Å². The van der Waals surface area contributed by atoms with Gasteiger partial charge < -0.3 is 14.2 Å². The van der Waals surface area contributed by atoms with Crippen LogP contribution in [0.25, 0.3) is 0 Å². The third-order valence-electron chi connectivity index (χ3n) is 5.95. The topological polar surface area (TPSA) is 36.7 Å². The molecule has 1 aromatic heterocycles. The van der Waals surface area contributed by atoms with Crippen LogP contribution >= 0.6 is 12.4 Å². The van der Waals surface area contributed by atoms with Crippen molar-refractivity contribution in [1.82, 2.24) is 4.90 Å². The van der Waals surface area contributed by atoms with E-state index in [1.807, 2.05) is 47.4 Å². The molecule has 1 saturated heterocycles. The zero-order valence-electron chi connectivity index (χ0n) is 17.9. The second-order valence-electron chi connectivity index (χ2n) is 7.99. The molecular formula is C26H31ClN2O2. The first kappa shape index (κ1) is 23.1. The number of nitrogens with zero attached hydrogens (tertiary/aromatic N) is 2. The van der Waals surface area contributed by atoms with E-state index in [1.54, 1.807) is 6.26 Å². The first-order valence-corrected chi connectivity index (χ1v) is 11.0. The summed E-state index contributed by atoms with van der Waals surface area (Å²) in [5.74, 6) is 1.05. The van der Waals surface area contributed by atoms with Gasteiger partial charge in [-0.1, -0.05) is 48.5 Å². The lowest BCUT2D eigenvalue weighted by Gasteiger charge is -2.38. The number of hydrogen-bond acceptors (Lipinski definition) is 3. The summed E-state index contributed by atoms with van der Waals surface area (Å²) < 4.78 is 5.41. The van der Waals surface area contributed by atoms with Crippen molar-refractivity contribution in [2.45, 2.75) is 38.1 Å². The zero-order chi connectivity index (χ0) is 20.6. The molecular weight excluding hydrogens is 408 g/mol. The van der Waals surface area contributed by atoms with Gasteiger partial charge in [-0.2, -0.15) is 0 Å². The number of carbonyl (C=O) groups excluding carboxylic acids is 1. The minimum absolute atomic E-state index is 0. The second kappa shape index (κ2) is 11.7. The molecule has 2 aromatic carbocycles. The van der Waals surface area contributed by atoms with Gasteiger partial charge in [0.05, 0.1) is 6.26 Å². The van der Waals surface area contributed by atoms with Gasteiger partial charge in [-0.05, 0) is 49.1 Å². The molecule has 5 heteroatoms. The number of piperidine rings is 1. The van der Waals surface area contributed by atoms with E-state index in [9.17, 15) is 4.79 Å². The summed E-state index contributed by atoms with van der Waals surface area (Å²) in [7, 11) is 0. The van der Waals surface area contributed by atoms with E-state index in [4.69, 9.17) is 4.42 Å². The normalized spacial score (nSPS) is 14.7. The van der Waals surface area contributed by atoms with Gasteiger partial charge in [0, 0.05) is 44.2 Å². The number of halogens is 1. The Labute approximate surface area is 191 Å². The molecule has 1 aliphatic rings. The third-order valence-corrected chi connectivity index (χ3v) is 5.95. The van der Waals surface area contributed by atoms with Crippen molar-refractivity contribution in [1.29, 1.82) is 0 Å². The Morgan fingerprint density at radius 1 is 0.903 bits per heavy atom. The Morgan fingerprint density at radius 3 is 2.23 bits per heavy atom. The van der Waals surface area contributed by atoms with Crippen molar-refractivity contribution in [3.63, 3.8) is 0 Å². The predicted octanol–water partition coefficient (Wildman–Crippen LogP) is 5.37. The number of furan rings is 1. The van der Waals surface area contributed by atoms with Gasteiger partial charge in [0.25, 0.3) is 0 Å². The highest BCUT2D eigenvalue weighted by Crippen LogP contribution is 2.25. The molecule has 1 amide bonds. The van der Waals surface area contributed by atoms with E-state index in [0.29, 0.717) is 12.8 Å². The van der Waals surface area contributed by atoms with Crippen molar-refractivity contribution in [2.24, 2.45) is 0 Å². The maximum Gasteiger partial charge on any atom is 0.227 e. The van der Waals surface area contributed by atoms with Gasteiger partial charge in [0.1, 0.15) is 5.76 Å². The summed E-state index contributed by atoms with van der Waals surface area (Å²) in [6.07, 6.45) is 5.88. The SMILES string of the molecule is Cl.O=C(CCc1ccco1)N(c1ccccc1)C1CCN(CCc2ccccc2)CC1. The number of anilines is 1. The number of likely N-dealkylation sites (tertiary alicyclic amines) is 1. The van der Waals surface area contributed by atoms with E-state index in [0.717, 1.165) is 50.3 Å². The summed E-state index contributed by atoms with van der Waals surface area (Å²) >= 11 is 0. The van der Waals surface area contributed by atoms with E-state index >= 15 is 0 Å². The molecule has 4 nitrogen and oxygen atoms in total. The fraction of sp³-hybridized carbons (Fsp3) is 0.346. The van der Waals surface area contributed by atoms with Crippen LogP contribution in [0.1, 0.15) is 30.6 Å². The molecule has 0 spiro atoms. The Hall–Kier alpha value is -2.56. The second-order valence-corrected chi connectivity index (χ2v) is 7.99. The monoisotopic (exact) mass is 438 g/mol. The number of carbonyl (C=O) groups is 1. The highest BCUT2D eigenvalue weighted by molar-refractivity contribution is 5.94. The quantitative estimate of drug-likeness (QED) is 0.474. The standard InChI is InChI=1S/C26H30N2O2.ClH/c29-26(14-13-25-12-7-21-30-25)28(23-10-5-2-6-11-23)24-16-19-27(20-17-24)18-15-22-8-3-1-4-9-22;/h1-12,21,24H,13-20H2;1H. The van der Waals surface area contributed by atoms with Crippen molar-refractivity contribution in [3.05, 3.63) is 90.4 Å². The molecule has 31 heavy (non-hydrogen) atoms. The predicted molar refractivity (Wildman–Crippen MR) is 128 cm³/mol. The summed E-state index contributed by atoms with van der Waals surface area (Å²) in [5, 5.41) is 0. The zero-order valence-corrected chi connectivity index (χ0v) is 18.7. The number of hydrogen-bond donors (Lipinski definition) is 0. The number of aryl methyl sites for hydroxylation is 1. The molecule has 4 rings (SSSR count). The number of rotatable bonds is 8. The lowest BCUT2D eigenvalue weighted by molar-refractivity contribution is -0.119. The lowest BCUT2D eigenvalue weighted by Crippen LogP contribution is -2.48. The molecule has 0 bridgehead atoms. The average molecular weight is 439 g/mol. The van der Waals surface area contributed by atoms with Crippen LogP contribution in [0.4, 0.5) is 5.69 Å². The van der Waals surface area contributed by atoms with E-state index < -0.39 is 0 Å². The Balaban J connectivity index is 0.00000272. The number of para-hydroxylation sites is 1. The molecule has 1 aliphatic heterocycles. The molecule has 0 saturated carbocycles. The smallest absolute Gasteiger partial charge is 0.227 e. The van der Waals surface area contributed by atoms with Gasteiger partial charge in [0.15, 0.2) is 0 Å². The molecule has 3 aromatic rings. The van der Waals surface area contributed by atoms with Gasteiger partial charge in [-0.15, -0.1) is 12.4 Å². The highest BCUT2D eigenvalue weighted by atomic mass is 35.5. The van der Waals surface area contributed by atoms with Gasteiger partial charge >= 0.3 is 0 Å². The summed E-state index contributed by atoms with van der Waals surface area (Å²) in [6.45, 7) is 3.15. The minimum Gasteiger partial charge on any atom is -0.469 e. The van der Waals surface area contributed by atoms with E-state index in [2.05, 4.69) is 35.2 Å². The van der Waals surface area contributed by atoms with Crippen molar-refractivity contribution < 1.29 is 9.21 Å². The number of amides is 1. The molecule has 1 fully saturated rings. The molecule has 0 N–H and O–H groups in total. The fourth-order valence-electron chi connectivity index (χ4n) is 4.29. The highest BCUT2D eigenvalue weighted by Gasteiger charge is 2.28. The van der Waals surface area contributed by atoms with Gasteiger partial charge in [-0.25, -0.2) is 0 Å². The van der Waals surface area contributed by atoms with Crippen molar-refractivity contribution in [2.75, 3.05) is 24.5 Å². The third kappa shape index (κ3) is 6.46. The van der Waals surface area contributed by atoms with Crippen LogP contribution in [0.2, 0.25) is 0 Å². The van der Waals surface area contributed by atoms with Crippen LogP contribution in [0.3, 0.4) is 0 Å². The summed E-state index contributed by atoms with van der Waals surface area (Å²) in [6, 6.07) is 24.9. The molecule has 164 valence electrons. The largest absolute Gasteiger partial charge is 0.469 e. The molecule has 0 atom stereocenters. The van der Waals surface area contributed by atoms with Crippen LogP contribution in [-0.2, 0) is 17.6 Å². The maximum atomic E-state index is 13.2. The Bertz CT molecular complexity index is 892. The van der Waals surface area contributed by atoms with Gasteiger partial charge in [0.2, 0.25) is 5.91 Å². The van der Waals surface area contributed by atoms with Crippen LogP contribution < -0.4 is 4.90 Å². The lowest BCUT2D eigenvalue weighted by atomic mass is 10.0. The van der Waals surface area contributed by atoms with Crippen LogP contribution in [0, 0.1) is 0 Å². The van der Waals surface area contributed by atoms with Crippen LogP contribution in [-0.4, -0.2) is 36.5 Å². The van der Waals surface area contributed by atoms with E-state index in [-0.39, 0.29) is 24.4 Å². The van der Waals surface area contributed by atoms with Crippen LogP contribution in [0.5, 0.6) is 0 Å². The molecule has 2 heterocycles. The summed E-state index contributed by atoms with van der Waals surface area (Å²) in [4.78, 5) is 17.8. The van der Waals surface area contributed by atoms with Crippen molar-refractivity contribution in [3.8, 4) is 0 Å². The molecule has 0 aliphatic carbocycles. The maximum absolute atomic E-state index is 13.2. The first-order valence-electron chi connectivity index (χ1n) is 11.0. The number of benzene rings is 2. The fourth-order valence-corrected chi connectivity index (χ4v) is 4.29. The average Bonchev–Trinajstić information content (AvgIpc) is 3.33. The summed E-state index contributed by atoms with van der Waals surface area (Å²) in [5.41, 5.74) is 2.39. The van der Waals surface area contributed by atoms with Crippen molar-refractivity contribution >= 4 is 24.0 Å². The Morgan fingerprint density at radius 2 is 1.58 bits per heavy atom. The molecule has 0 unspecified atom stereocenters. The first-order chi connectivity index (χ1) is 14.8. The Kier molecular flexibility index (Phi) is 8.74.